The second-order valence-corrected chi connectivity index (χ2v) is 8.86. The number of piperidine rings is 1. The molecule has 160 valence electrons. The van der Waals surface area contributed by atoms with Crippen LogP contribution in [0.4, 0.5) is 0 Å². The van der Waals surface area contributed by atoms with Gasteiger partial charge >= 0.3 is 0 Å². The zero-order valence-electron chi connectivity index (χ0n) is 17.9. The number of aliphatic hydroxyl groups is 1. The molecule has 1 fully saturated rings. The molecule has 4 rings (SSSR count). The molecule has 0 aliphatic carbocycles. The van der Waals surface area contributed by atoms with Crippen molar-refractivity contribution in [1.29, 1.82) is 0 Å². The van der Waals surface area contributed by atoms with Gasteiger partial charge in [0, 0.05) is 43.3 Å². The molecule has 1 N–H and O–H groups in total. The van der Waals surface area contributed by atoms with Crippen molar-refractivity contribution in [2.75, 3.05) is 19.7 Å². The summed E-state index contributed by atoms with van der Waals surface area (Å²) in [6.07, 6.45) is 9.25. The summed E-state index contributed by atoms with van der Waals surface area (Å²) in [6, 6.07) is 6.38. The van der Waals surface area contributed by atoms with Gasteiger partial charge < -0.3 is 14.7 Å². The summed E-state index contributed by atoms with van der Waals surface area (Å²) in [5.41, 5.74) is 3.38. The van der Waals surface area contributed by atoms with Crippen molar-refractivity contribution in [2.24, 2.45) is 5.16 Å². The lowest BCUT2D eigenvalue weighted by Crippen LogP contribution is -2.43. The van der Waals surface area contributed by atoms with Gasteiger partial charge in [-0.3, -0.25) is 14.9 Å². The Hall–Kier alpha value is -2.35. The Morgan fingerprint density at radius 2 is 2.10 bits per heavy atom. The Kier molecular flexibility index (Phi) is 5.86. The smallest absolute Gasteiger partial charge is 0.145 e. The van der Waals surface area contributed by atoms with E-state index in [2.05, 4.69) is 39.1 Å². The topological polar surface area (TPSA) is 80.1 Å². The van der Waals surface area contributed by atoms with Gasteiger partial charge in [-0.1, -0.05) is 11.2 Å². The molecule has 2 aliphatic heterocycles. The van der Waals surface area contributed by atoms with Gasteiger partial charge in [-0.05, 0) is 56.9 Å². The number of aromatic nitrogens is 2. The summed E-state index contributed by atoms with van der Waals surface area (Å²) in [5.74, 6) is 0. The molecule has 0 aromatic carbocycles. The van der Waals surface area contributed by atoms with Crippen molar-refractivity contribution in [1.82, 2.24) is 14.9 Å². The summed E-state index contributed by atoms with van der Waals surface area (Å²) in [5, 5.41) is 13.5. The minimum absolute atomic E-state index is 0.138. The Balaban J connectivity index is 1.33. The fourth-order valence-electron chi connectivity index (χ4n) is 4.18. The van der Waals surface area contributed by atoms with Crippen molar-refractivity contribution in [2.45, 2.75) is 57.5 Å². The van der Waals surface area contributed by atoms with Crippen LogP contribution in [0, 0.1) is 0 Å². The Labute approximate surface area is 177 Å². The standard InChI is InChI=1S/C23H30N4O3/c1-17(18-4-5-20(25-12-18)13-26-30-16-22(2,3)28)27-10-7-23(8-11-27)21-14-24-9-6-19(21)15-29-23/h4-6,9,12-14,17,28H,7-8,10-11,15-16H2,1-3H3/b26-13+. The van der Waals surface area contributed by atoms with E-state index in [1.807, 2.05) is 24.7 Å². The van der Waals surface area contributed by atoms with E-state index >= 15 is 0 Å². The van der Waals surface area contributed by atoms with E-state index in [0.29, 0.717) is 6.61 Å². The molecule has 0 radical (unpaired) electrons. The number of nitrogens with zero attached hydrogens (tertiary/aromatic N) is 4. The van der Waals surface area contributed by atoms with Crippen molar-refractivity contribution < 1.29 is 14.7 Å². The first-order chi connectivity index (χ1) is 14.4. The molecule has 0 saturated carbocycles. The van der Waals surface area contributed by atoms with Crippen LogP contribution >= 0.6 is 0 Å². The van der Waals surface area contributed by atoms with Crippen LogP contribution in [0.5, 0.6) is 0 Å². The van der Waals surface area contributed by atoms with E-state index in [9.17, 15) is 5.11 Å². The molecular formula is C23H30N4O3. The minimum Gasteiger partial charge on any atom is -0.393 e. The fraction of sp³-hybridized carbons (Fsp3) is 0.522. The van der Waals surface area contributed by atoms with E-state index in [-0.39, 0.29) is 18.2 Å². The molecule has 30 heavy (non-hydrogen) atoms. The molecule has 1 saturated heterocycles. The predicted octanol–water partition coefficient (Wildman–Crippen LogP) is 3.18. The largest absolute Gasteiger partial charge is 0.393 e. The van der Waals surface area contributed by atoms with Crippen LogP contribution in [0.3, 0.4) is 0 Å². The first-order valence-electron chi connectivity index (χ1n) is 10.5. The molecule has 2 aromatic heterocycles. The van der Waals surface area contributed by atoms with Gasteiger partial charge in [-0.15, -0.1) is 0 Å². The maximum Gasteiger partial charge on any atom is 0.145 e. The van der Waals surface area contributed by atoms with Crippen LogP contribution in [0.2, 0.25) is 0 Å². The lowest BCUT2D eigenvalue weighted by Gasteiger charge is -2.41. The van der Waals surface area contributed by atoms with Crippen molar-refractivity contribution in [3.63, 3.8) is 0 Å². The third-order valence-electron chi connectivity index (χ3n) is 6.03. The van der Waals surface area contributed by atoms with Gasteiger partial charge in [0.15, 0.2) is 0 Å². The van der Waals surface area contributed by atoms with Crippen molar-refractivity contribution in [3.05, 3.63) is 59.2 Å². The van der Waals surface area contributed by atoms with Gasteiger partial charge in [0.25, 0.3) is 0 Å². The Morgan fingerprint density at radius 3 is 2.80 bits per heavy atom. The van der Waals surface area contributed by atoms with Gasteiger partial charge in [0.1, 0.15) is 6.61 Å². The average molecular weight is 411 g/mol. The number of fused-ring (bicyclic) bond motifs is 2. The normalized spacial score (nSPS) is 19.9. The average Bonchev–Trinajstić information content (AvgIpc) is 3.09. The van der Waals surface area contributed by atoms with Gasteiger partial charge in [-0.25, -0.2) is 0 Å². The van der Waals surface area contributed by atoms with Crippen LogP contribution < -0.4 is 0 Å². The number of pyridine rings is 2. The third kappa shape index (κ3) is 4.53. The van der Waals surface area contributed by atoms with Crippen LogP contribution in [-0.4, -0.2) is 51.5 Å². The highest BCUT2D eigenvalue weighted by molar-refractivity contribution is 5.76. The SMILES string of the molecule is CC(c1ccc(/C=N/OCC(C)(C)O)nc1)N1CCC2(CC1)OCc1ccncc12. The number of oxime groups is 1. The lowest BCUT2D eigenvalue weighted by molar-refractivity contribution is -0.0838. The molecule has 1 unspecified atom stereocenters. The highest BCUT2D eigenvalue weighted by Gasteiger charge is 2.43. The molecule has 7 nitrogen and oxygen atoms in total. The summed E-state index contributed by atoms with van der Waals surface area (Å²) in [4.78, 5) is 16.4. The molecule has 1 atom stereocenters. The van der Waals surface area contributed by atoms with Crippen molar-refractivity contribution in [3.8, 4) is 0 Å². The number of hydrogen-bond donors (Lipinski definition) is 1. The zero-order chi connectivity index (χ0) is 21.2. The third-order valence-corrected chi connectivity index (χ3v) is 6.03. The van der Waals surface area contributed by atoms with Crippen LogP contribution in [0.1, 0.15) is 62.0 Å². The summed E-state index contributed by atoms with van der Waals surface area (Å²) in [6.45, 7) is 8.36. The lowest BCUT2D eigenvalue weighted by atomic mass is 9.84. The van der Waals surface area contributed by atoms with Crippen LogP contribution in [0.15, 0.2) is 41.9 Å². The quantitative estimate of drug-likeness (QED) is 0.582. The number of ether oxygens (including phenoxy) is 1. The predicted molar refractivity (Wildman–Crippen MR) is 114 cm³/mol. The maximum absolute atomic E-state index is 9.62. The molecule has 7 heteroatoms. The van der Waals surface area contributed by atoms with Crippen LogP contribution in [0.25, 0.3) is 0 Å². The molecule has 0 amide bonds. The fourth-order valence-corrected chi connectivity index (χ4v) is 4.18. The number of likely N-dealkylation sites (tertiary alicyclic amines) is 1. The molecule has 2 aliphatic rings. The number of rotatable bonds is 6. The van der Waals surface area contributed by atoms with E-state index in [1.54, 1.807) is 20.1 Å². The van der Waals surface area contributed by atoms with Crippen LogP contribution in [-0.2, 0) is 21.8 Å². The van der Waals surface area contributed by atoms with E-state index in [0.717, 1.165) is 31.6 Å². The van der Waals surface area contributed by atoms with Gasteiger partial charge in [-0.2, -0.15) is 0 Å². The first kappa shape index (κ1) is 20.9. The number of hydrogen-bond acceptors (Lipinski definition) is 7. The zero-order valence-corrected chi connectivity index (χ0v) is 17.9. The highest BCUT2D eigenvalue weighted by atomic mass is 16.6. The summed E-state index contributed by atoms with van der Waals surface area (Å²) < 4.78 is 6.25. The molecule has 0 bridgehead atoms. The minimum atomic E-state index is -0.904. The first-order valence-corrected chi connectivity index (χ1v) is 10.5. The van der Waals surface area contributed by atoms with Gasteiger partial charge in [0.05, 0.1) is 29.7 Å². The summed E-state index contributed by atoms with van der Waals surface area (Å²) >= 11 is 0. The summed E-state index contributed by atoms with van der Waals surface area (Å²) in [7, 11) is 0. The van der Waals surface area contributed by atoms with Crippen molar-refractivity contribution >= 4 is 6.21 Å². The van der Waals surface area contributed by atoms with Gasteiger partial charge in [0.2, 0.25) is 0 Å². The monoisotopic (exact) mass is 410 g/mol. The van der Waals surface area contributed by atoms with E-state index < -0.39 is 5.60 Å². The van der Waals surface area contributed by atoms with E-state index in [1.165, 1.54) is 16.7 Å². The Morgan fingerprint density at radius 1 is 1.30 bits per heavy atom. The highest BCUT2D eigenvalue weighted by Crippen LogP contribution is 2.44. The van der Waals surface area contributed by atoms with E-state index in [4.69, 9.17) is 9.57 Å². The second kappa shape index (κ2) is 8.41. The molecular weight excluding hydrogens is 380 g/mol. The molecule has 2 aromatic rings. The molecule has 1 spiro atoms. The maximum atomic E-state index is 9.62. The second-order valence-electron chi connectivity index (χ2n) is 8.86. The molecule has 4 heterocycles. The Bertz CT molecular complexity index is 884.